The number of phenols is 2. The van der Waals surface area contributed by atoms with E-state index < -0.39 is 28.0 Å². The molecule has 8 nitrogen and oxygen atoms in total. The second-order valence-corrected chi connectivity index (χ2v) is 4.31. The summed E-state index contributed by atoms with van der Waals surface area (Å²) in [7, 11) is 0. The number of aromatic hydroxyl groups is 2. The normalized spacial score (nSPS) is 10.4. The second-order valence-electron chi connectivity index (χ2n) is 4.31. The van der Waals surface area contributed by atoms with E-state index in [9.17, 15) is 25.1 Å². The fourth-order valence-electron chi connectivity index (χ4n) is 1.84. The molecule has 1 aromatic rings. The molecule has 0 fully saturated rings. The molecular formula is C14H15N3NaO5. The van der Waals surface area contributed by atoms with Gasteiger partial charge in [-0.25, -0.2) is 0 Å². The summed E-state index contributed by atoms with van der Waals surface area (Å²) < 4.78 is 0. The molecule has 23 heavy (non-hydrogen) atoms. The molecule has 0 bridgehead atoms. The molecule has 1 radical (unpaired) electrons. The monoisotopic (exact) mass is 328 g/mol. The van der Waals surface area contributed by atoms with E-state index in [1.807, 2.05) is 0 Å². The summed E-state index contributed by atoms with van der Waals surface area (Å²) in [6.45, 7) is 4.34. The number of carbonyl (C=O) groups is 1. The van der Waals surface area contributed by atoms with Gasteiger partial charge in [0.15, 0.2) is 5.75 Å². The smallest absolute Gasteiger partial charge is 0.315 e. The van der Waals surface area contributed by atoms with Crippen LogP contribution in [0.1, 0.15) is 19.4 Å². The standard InChI is InChI=1S/C14H15N3O5.Na/c1-3-16(4-2)14(20)10(8-15)5-9-6-11(17(21)22)13(19)12(18)7-9;/h5-7,18-19H,3-4H2,1-2H3;/b10-5+;. The average molecular weight is 328 g/mol. The van der Waals surface area contributed by atoms with Crippen molar-refractivity contribution in [1.82, 2.24) is 4.90 Å². The molecule has 2 N–H and O–H groups in total. The Morgan fingerprint density at radius 2 is 1.96 bits per heavy atom. The summed E-state index contributed by atoms with van der Waals surface area (Å²) in [4.78, 5) is 23.4. The Morgan fingerprint density at radius 1 is 1.39 bits per heavy atom. The quantitative estimate of drug-likeness (QED) is 0.210. The van der Waals surface area contributed by atoms with Crippen molar-refractivity contribution in [3.8, 4) is 17.6 Å². The van der Waals surface area contributed by atoms with E-state index in [-0.39, 0.29) is 40.7 Å². The second kappa shape index (κ2) is 9.15. The third kappa shape index (κ3) is 4.96. The Morgan fingerprint density at radius 3 is 2.39 bits per heavy atom. The van der Waals surface area contributed by atoms with Crippen molar-refractivity contribution in [2.45, 2.75) is 13.8 Å². The number of carbonyl (C=O) groups excluding carboxylic acids is 1. The number of nitriles is 1. The van der Waals surface area contributed by atoms with E-state index in [1.165, 1.54) is 4.90 Å². The molecule has 1 aromatic carbocycles. The van der Waals surface area contributed by atoms with Gasteiger partial charge in [0, 0.05) is 48.7 Å². The van der Waals surface area contributed by atoms with Crippen molar-refractivity contribution in [2.24, 2.45) is 0 Å². The minimum atomic E-state index is -0.870. The number of hydrogen-bond donors (Lipinski definition) is 2. The van der Waals surface area contributed by atoms with Crippen molar-refractivity contribution >= 4 is 47.2 Å². The van der Waals surface area contributed by atoms with Crippen LogP contribution in [0.2, 0.25) is 0 Å². The van der Waals surface area contributed by atoms with Crippen LogP contribution in [-0.4, -0.2) is 68.6 Å². The summed E-state index contributed by atoms with van der Waals surface area (Å²) in [6, 6.07) is 3.75. The Labute approximate surface area is 155 Å². The zero-order valence-electron chi connectivity index (χ0n) is 13.1. The fraction of sp³-hybridized carbons (Fsp3) is 0.286. The molecule has 0 aliphatic heterocycles. The zero-order chi connectivity index (χ0) is 16.9. The van der Waals surface area contributed by atoms with E-state index in [4.69, 9.17) is 5.26 Å². The van der Waals surface area contributed by atoms with Crippen LogP contribution in [-0.2, 0) is 4.79 Å². The van der Waals surface area contributed by atoms with Crippen LogP contribution in [0, 0.1) is 21.4 Å². The predicted octanol–water partition coefficient (Wildman–Crippen LogP) is 1.40. The minimum Gasteiger partial charge on any atom is -0.504 e. The summed E-state index contributed by atoms with van der Waals surface area (Å²) in [5.41, 5.74) is -0.860. The summed E-state index contributed by atoms with van der Waals surface area (Å²) in [6.07, 6.45) is 1.13. The molecule has 0 unspecified atom stereocenters. The maximum atomic E-state index is 12.1. The number of nitro groups is 1. The van der Waals surface area contributed by atoms with Gasteiger partial charge in [0.2, 0.25) is 5.75 Å². The number of likely N-dealkylation sites (N-methyl/N-ethyl adjacent to an activating group) is 1. The van der Waals surface area contributed by atoms with Gasteiger partial charge in [-0.1, -0.05) is 0 Å². The Balaban J connectivity index is 0.00000484. The predicted molar refractivity (Wildman–Crippen MR) is 83.7 cm³/mol. The number of rotatable bonds is 5. The Bertz CT molecular complexity index is 678. The molecule has 0 spiro atoms. The van der Waals surface area contributed by atoms with Crippen LogP contribution in [0.4, 0.5) is 5.69 Å². The first kappa shape index (κ1) is 20.9. The van der Waals surface area contributed by atoms with Crippen molar-refractivity contribution in [3.63, 3.8) is 0 Å². The van der Waals surface area contributed by atoms with Crippen LogP contribution < -0.4 is 0 Å². The van der Waals surface area contributed by atoms with Gasteiger partial charge in [0.25, 0.3) is 5.91 Å². The minimum absolute atomic E-state index is 0. The SMILES string of the molecule is CCN(CC)C(=O)/C(C#N)=C/c1cc(O)c(O)c([N+](=O)[O-])c1.[Na]. The Hall–Kier alpha value is -2.08. The molecule has 0 heterocycles. The van der Waals surface area contributed by atoms with E-state index >= 15 is 0 Å². The van der Waals surface area contributed by atoms with E-state index in [0.29, 0.717) is 13.1 Å². The fourth-order valence-corrected chi connectivity index (χ4v) is 1.84. The molecule has 1 rings (SSSR count). The van der Waals surface area contributed by atoms with Crippen LogP contribution in [0.5, 0.6) is 11.5 Å². The zero-order valence-corrected chi connectivity index (χ0v) is 15.1. The van der Waals surface area contributed by atoms with Crippen molar-refractivity contribution in [3.05, 3.63) is 33.4 Å². The Kier molecular flexibility index (Phi) is 8.32. The average Bonchev–Trinajstić information content (AvgIpc) is 2.48. The van der Waals surface area contributed by atoms with Crippen molar-refractivity contribution in [2.75, 3.05) is 13.1 Å². The number of amides is 1. The molecule has 0 saturated carbocycles. The molecule has 0 saturated heterocycles. The van der Waals surface area contributed by atoms with Crippen molar-refractivity contribution < 1.29 is 19.9 Å². The number of nitro benzene ring substituents is 1. The van der Waals surface area contributed by atoms with Gasteiger partial charge in [-0.05, 0) is 31.6 Å². The first-order chi connectivity index (χ1) is 10.3. The summed E-state index contributed by atoms with van der Waals surface area (Å²) >= 11 is 0. The number of nitrogens with zero attached hydrogens (tertiary/aromatic N) is 3. The van der Waals surface area contributed by atoms with Crippen LogP contribution in [0.15, 0.2) is 17.7 Å². The van der Waals surface area contributed by atoms with Gasteiger partial charge in [-0.2, -0.15) is 5.26 Å². The van der Waals surface area contributed by atoms with Gasteiger partial charge in [-0.3, -0.25) is 14.9 Å². The number of phenolic OH excluding ortho intramolecular Hbond substituents is 2. The van der Waals surface area contributed by atoms with Crippen LogP contribution in [0.25, 0.3) is 6.08 Å². The van der Waals surface area contributed by atoms with Gasteiger partial charge in [0.05, 0.1) is 4.92 Å². The van der Waals surface area contributed by atoms with Crippen LogP contribution >= 0.6 is 0 Å². The number of hydrogen-bond acceptors (Lipinski definition) is 6. The molecule has 9 heteroatoms. The summed E-state index contributed by atoms with van der Waals surface area (Å²) in [5.74, 6) is -2.08. The maximum absolute atomic E-state index is 12.1. The molecule has 117 valence electrons. The van der Waals surface area contributed by atoms with Crippen LogP contribution in [0.3, 0.4) is 0 Å². The topological polar surface area (TPSA) is 128 Å². The van der Waals surface area contributed by atoms with E-state index in [0.717, 1.165) is 18.2 Å². The van der Waals surface area contributed by atoms with Gasteiger partial charge in [-0.15, -0.1) is 0 Å². The molecule has 0 aromatic heterocycles. The molecule has 1 amide bonds. The molecule has 0 atom stereocenters. The largest absolute Gasteiger partial charge is 0.504 e. The van der Waals surface area contributed by atoms with Gasteiger partial charge in [0.1, 0.15) is 11.6 Å². The van der Waals surface area contributed by atoms with Crippen molar-refractivity contribution in [1.29, 1.82) is 5.26 Å². The van der Waals surface area contributed by atoms with Gasteiger partial charge >= 0.3 is 5.69 Å². The van der Waals surface area contributed by atoms with E-state index in [1.54, 1.807) is 19.9 Å². The first-order valence-electron chi connectivity index (χ1n) is 6.47. The molecule has 0 aliphatic carbocycles. The first-order valence-corrected chi connectivity index (χ1v) is 6.47. The molecule has 0 aliphatic rings. The third-order valence-corrected chi connectivity index (χ3v) is 3.00. The summed E-state index contributed by atoms with van der Waals surface area (Å²) in [5, 5.41) is 38.8. The maximum Gasteiger partial charge on any atom is 0.315 e. The van der Waals surface area contributed by atoms with Gasteiger partial charge < -0.3 is 15.1 Å². The molecular weight excluding hydrogens is 313 g/mol. The van der Waals surface area contributed by atoms with E-state index in [2.05, 4.69) is 0 Å². The third-order valence-electron chi connectivity index (χ3n) is 3.00. The number of benzene rings is 1.